The van der Waals surface area contributed by atoms with Crippen LogP contribution in [0.4, 0.5) is 17.6 Å². The lowest BCUT2D eigenvalue weighted by Gasteiger charge is -2.22. The second kappa shape index (κ2) is 14.7. The summed E-state index contributed by atoms with van der Waals surface area (Å²) in [6, 6.07) is 10.6. The summed E-state index contributed by atoms with van der Waals surface area (Å²) in [7, 11) is 0. The molecule has 0 radical (unpaired) electrons. The normalized spacial score (nSPS) is 13.8. The third-order valence-electron chi connectivity index (χ3n) is 7.40. The summed E-state index contributed by atoms with van der Waals surface area (Å²) in [5, 5.41) is 13.5. The molecule has 248 valence electrons. The molecule has 46 heavy (non-hydrogen) atoms. The van der Waals surface area contributed by atoms with E-state index in [1.807, 2.05) is 26.0 Å². The molecular weight excluding hydrogens is 608 g/mol. The molecule has 2 aromatic heterocycles. The van der Waals surface area contributed by atoms with Crippen molar-refractivity contribution in [3.8, 4) is 22.7 Å². The Bertz CT molecular complexity index is 1710. The lowest BCUT2D eigenvalue weighted by atomic mass is 10.0. The van der Waals surface area contributed by atoms with Crippen LogP contribution in [0.15, 0.2) is 58.4 Å². The van der Waals surface area contributed by atoms with Crippen molar-refractivity contribution in [2.24, 2.45) is 22.2 Å². The number of nitrogens with zero attached hydrogens (tertiary/aromatic N) is 3. The summed E-state index contributed by atoms with van der Waals surface area (Å²) >= 11 is 0. The Morgan fingerprint density at radius 2 is 1.87 bits per heavy atom. The number of aliphatic imine (C=N–C) groups is 1. The minimum Gasteiger partial charge on any atom is -0.403 e. The molecule has 2 aromatic carbocycles. The number of ether oxygens (including phenoxy) is 1. The number of hydrogen-bond acceptors (Lipinski definition) is 7. The molecule has 0 aliphatic heterocycles. The highest BCUT2D eigenvalue weighted by Gasteiger charge is 2.33. The Kier molecular flexibility index (Phi) is 11.0. The number of aryl methyl sites for hydroxylation is 1. The largest absolute Gasteiger partial charge is 0.573 e. The number of H-pyrrole nitrogens is 1. The van der Waals surface area contributed by atoms with Crippen molar-refractivity contribution in [2.75, 3.05) is 13.2 Å². The molecule has 0 saturated heterocycles. The standard InChI is InChI=1S/C31H38F4N8O3/c1-17(36)4-3-5-19-12-24(27(32)26(13-19)46-31(33,34)35)25-14-21-15-43(30(45)42-28(21)41-25)23-8-6-20(7-9-23)18(2)40-22(16-44)10-11-39-29(37)38/h6-9,12-15,17-18,22,40,44H,3-5,10-11,16,36H2,1-2H3,(H4,37,38,39)(H,41,42,45)/t17-,18-,22-/m0/s1. The third kappa shape index (κ3) is 9.05. The Labute approximate surface area is 262 Å². The van der Waals surface area contributed by atoms with Gasteiger partial charge in [-0.25, -0.2) is 9.18 Å². The molecule has 0 saturated carbocycles. The van der Waals surface area contributed by atoms with Crippen molar-refractivity contribution >= 4 is 17.0 Å². The maximum Gasteiger partial charge on any atom is 0.573 e. The fourth-order valence-electron chi connectivity index (χ4n) is 5.10. The SMILES string of the molecule is C[C@H](N)CCCc1cc(OC(F)(F)F)c(F)c(-c2cc3cn(-c4ccc([C@H](C)N[C@H](CO)CCN=C(N)N)cc4)c(=O)nc3[nH]2)c1. The molecule has 0 spiro atoms. The zero-order valence-electron chi connectivity index (χ0n) is 25.4. The van der Waals surface area contributed by atoms with Crippen LogP contribution >= 0.6 is 0 Å². The average molecular weight is 647 g/mol. The molecule has 0 amide bonds. The van der Waals surface area contributed by atoms with Gasteiger partial charge in [0, 0.05) is 41.8 Å². The number of aromatic nitrogens is 3. The minimum absolute atomic E-state index is 0.0195. The van der Waals surface area contributed by atoms with Crippen LogP contribution in [0.5, 0.6) is 5.75 Å². The zero-order valence-corrected chi connectivity index (χ0v) is 25.4. The van der Waals surface area contributed by atoms with Gasteiger partial charge in [0.15, 0.2) is 17.5 Å². The summed E-state index contributed by atoms with van der Waals surface area (Å²) in [6.45, 7) is 4.00. The number of alkyl halides is 3. The molecule has 9 N–H and O–H groups in total. The summed E-state index contributed by atoms with van der Waals surface area (Å²) < 4.78 is 60.0. The van der Waals surface area contributed by atoms with Crippen molar-refractivity contribution in [3.63, 3.8) is 0 Å². The minimum atomic E-state index is -5.09. The molecule has 0 bridgehead atoms. The molecule has 2 heterocycles. The van der Waals surface area contributed by atoms with Crippen LogP contribution < -0.4 is 32.9 Å². The van der Waals surface area contributed by atoms with Gasteiger partial charge in [0.25, 0.3) is 0 Å². The van der Waals surface area contributed by atoms with Crippen LogP contribution in [0.3, 0.4) is 0 Å². The highest BCUT2D eigenvalue weighted by atomic mass is 19.4. The quantitative estimate of drug-likeness (QED) is 0.0680. The van der Waals surface area contributed by atoms with Crippen LogP contribution in [0.2, 0.25) is 0 Å². The van der Waals surface area contributed by atoms with Crippen LogP contribution in [0, 0.1) is 5.82 Å². The number of halogens is 4. The number of guanidine groups is 1. The summed E-state index contributed by atoms with van der Waals surface area (Å²) in [5.74, 6) is -2.17. The molecule has 0 fully saturated rings. The maximum absolute atomic E-state index is 15.4. The molecular formula is C31H38F4N8O3. The zero-order chi connectivity index (χ0) is 33.6. The molecule has 4 aromatic rings. The topological polar surface area (TPSA) is 183 Å². The Morgan fingerprint density at radius 3 is 2.50 bits per heavy atom. The van der Waals surface area contributed by atoms with E-state index >= 15 is 4.39 Å². The van der Waals surface area contributed by atoms with Crippen LogP contribution in [0.25, 0.3) is 28.0 Å². The number of benzene rings is 2. The van der Waals surface area contributed by atoms with Gasteiger partial charge >= 0.3 is 12.1 Å². The lowest BCUT2D eigenvalue weighted by Crippen LogP contribution is -2.35. The van der Waals surface area contributed by atoms with Crippen molar-refractivity contribution in [1.29, 1.82) is 0 Å². The van der Waals surface area contributed by atoms with Crippen molar-refractivity contribution in [2.45, 2.75) is 64.0 Å². The van der Waals surface area contributed by atoms with E-state index in [2.05, 4.69) is 25.0 Å². The number of nitrogens with two attached hydrogens (primary N) is 3. The van der Waals surface area contributed by atoms with Crippen molar-refractivity contribution < 1.29 is 27.4 Å². The summed E-state index contributed by atoms with van der Waals surface area (Å²) in [6.07, 6.45) is -1.48. The molecule has 0 aliphatic rings. The Balaban J connectivity index is 1.61. The van der Waals surface area contributed by atoms with Gasteiger partial charge in [0.1, 0.15) is 5.65 Å². The average Bonchev–Trinajstić information content (AvgIpc) is 3.39. The highest BCUT2D eigenvalue weighted by molar-refractivity contribution is 5.83. The first-order chi connectivity index (χ1) is 21.7. The number of aliphatic hydroxyl groups is 1. The van der Waals surface area contributed by atoms with Crippen LogP contribution in [-0.2, 0) is 6.42 Å². The molecule has 11 nitrogen and oxygen atoms in total. The Hall–Kier alpha value is -4.47. The van der Waals surface area contributed by atoms with Gasteiger partial charge in [-0.3, -0.25) is 9.56 Å². The van der Waals surface area contributed by atoms with Gasteiger partial charge in [-0.05, 0) is 81.0 Å². The molecule has 0 aliphatic carbocycles. The van der Waals surface area contributed by atoms with E-state index in [-0.39, 0.29) is 47.6 Å². The van der Waals surface area contributed by atoms with Gasteiger partial charge in [-0.1, -0.05) is 12.1 Å². The first-order valence-corrected chi connectivity index (χ1v) is 14.7. The predicted octanol–water partition coefficient (Wildman–Crippen LogP) is 3.76. The van der Waals surface area contributed by atoms with E-state index < -0.39 is 23.6 Å². The summed E-state index contributed by atoms with van der Waals surface area (Å²) in [4.78, 5) is 23.9. The predicted molar refractivity (Wildman–Crippen MR) is 168 cm³/mol. The lowest BCUT2D eigenvalue weighted by molar-refractivity contribution is -0.275. The van der Waals surface area contributed by atoms with E-state index in [1.54, 1.807) is 12.1 Å². The van der Waals surface area contributed by atoms with Crippen molar-refractivity contribution in [1.82, 2.24) is 19.9 Å². The van der Waals surface area contributed by atoms with Gasteiger partial charge in [-0.2, -0.15) is 4.98 Å². The second-order valence-electron chi connectivity index (χ2n) is 11.2. The van der Waals surface area contributed by atoms with Crippen molar-refractivity contribution in [3.05, 3.63) is 76.1 Å². The van der Waals surface area contributed by atoms with Crippen LogP contribution in [0.1, 0.15) is 50.3 Å². The number of fused-ring (bicyclic) bond motifs is 1. The fourth-order valence-corrected chi connectivity index (χ4v) is 5.10. The molecule has 4 rings (SSSR count). The molecule has 0 unspecified atom stereocenters. The first-order valence-electron chi connectivity index (χ1n) is 14.7. The number of aliphatic hydroxyl groups excluding tert-OH is 1. The number of nitrogens with one attached hydrogen (secondary N) is 2. The van der Waals surface area contributed by atoms with Gasteiger partial charge < -0.3 is 37.3 Å². The Morgan fingerprint density at radius 1 is 1.15 bits per heavy atom. The molecule has 15 heteroatoms. The van der Waals surface area contributed by atoms with Crippen LogP contribution in [-0.4, -0.2) is 57.2 Å². The number of rotatable bonds is 14. The van der Waals surface area contributed by atoms with Gasteiger partial charge in [0.2, 0.25) is 0 Å². The smallest absolute Gasteiger partial charge is 0.403 e. The second-order valence-corrected chi connectivity index (χ2v) is 11.2. The van der Waals surface area contributed by atoms with E-state index in [9.17, 15) is 23.1 Å². The number of aromatic amines is 1. The van der Waals surface area contributed by atoms with Gasteiger partial charge in [0.05, 0.1) is 18.0 Å². The van der Waals surface area contributed by atoms with E-state index in [1.165, 1.54) is 22.9 Å². The fraction of sp³-hybridized carbons (Fsp3) is 0.387. The van der Waals surface area contributed by atoms with E-state index in [0.29, 0.717) is 48.9 Å². The highest BCUT2D eigenvalue weighted by Crippen LogP contribution is 2.35. The molecule has 3 atom stereocenters. The maximum atomic E-state index is 15.4. The third-order valence-corrected chi connectivity index (χ3v) is 7.40. The van der Waals surface area contributed by atoms with E-state index in [0.717, 1.165) is 11.6 Å². The summed E-state index contributed by atoms with van der Waals surface area (Å²) in [5.41, 5.74) is 17.8. The first kappa shape index (κ1) is 34.4. The monoisotopic (exact) mass is 646 g/mol. The number of hydrogen-bond donors (Lipinski definition) is 6. The van der Waals surface area contributed by atoms with Gasteiger partial charge in [-0.15, -0.1) is 13.2 Å². The van der Waals surface area contributed by atoms with E-state index in [4.69, 9.17) is 17.2 Å².